The normalized spacial score (nSPS) is 14.2. The molecular weight excluding hydrogens is 216 g/mol. The molecule has 17 heavy (non-hydrogen) atoms. The molecule has 1 amide bonds. The van der Waals surface area contributed by atoms with Gasteiger partial charge in [-0.3, -0.25) is 4.79 Å². The first kappa shape index (κ1) is 11.8. The standard InChI is InChI=1S/C13H18N2O2/c1-8(2)14-13(16)11-7-9-10(15-11)5-4-6-12(9)17-3/h5,7-8,15H,4,6H2,1-3H3,(H,14,16). The Morgan fingerprint density at radius 3 is 2.94 bits per heavy atom. The maximum atomic E-state index is 11.9. The predicted octanol–water partition coefficient (Wildman–Crippen LogP) is 0.482. The summed E-state index contributed by atoms with van der Waals surface area (Å²) >= 11 is 0. The summed E-state index contributed by atoms with van der Waals surface area (Å²) in [6.45, 7) is 3.89. The Morgan fingerprint density at radius 2 is 2.29 bits per heavy atom. The van der Waals surface area contributed by atoms with Crippen molar-refractivity contribution in [3.05, 3.63) is 22.3 Å². The molecule has 2 rings (SSSR count). The number of H-pyrrole nitrogens is 1. The molecule has 0 bridgehead atoms. The highest BCUT2D eigenvalue weighted by Gasteiger charge is 2.12. The molecule has 1 aliphatic rings. The van der Waals surface area contributed by atoms with Gasteiger partial charge in [0.15, 0.2) is 0 Å². The minimum absolute atomic E-state index is 0.0711. The van der Waals surface area contributed by atoms with Crippen molar-refractivity contribution in [3.63, 3.8) is 0 Å². The van der Waals surface area contributed by atoms with Crippen LogP contribution < -0.4 is 15.9 Å². The third-order valence-electron chi connectivity index (χ3n) is 2.78. The highest BCUT2D eigenvalue weighted by Crippen LogP contribution is 2.08. The number of methoxy groups -OCH3 is 1. The van der Waals surface area contributed by atoms with E-state index < -0.39 is 0 Å². The molecule has 4 nitrogen and oxygen atoms in total. The number of fused-ring (bicyclic) bond motifs is 1. The topological polar surface area (TPSA) is 54.1 Å². The molecule has 0 radical (unpaired) electrons. The van der Waals surface area contributed by atoms with Gasteiger partial charge in [-0.25, -0.2) is 0 Å². The van der Waals surface area contributed by atoms with Gasteiger partial charge in [-0.05, 0) is 26.3 Å². The predicted molar refractivity (Wildman–Crippen MR) is 66.8 cm³/mol. The molecule has 1 aromatic heterocycles. The fraction of sp³-hybridized carbons (Fsp3) is 0.462. The number of carbonyl (C=O) groups is 1. The molecule has 1 aliphatic carbocycles. The highest BCUT2D eigenvalue weighted by atomic mass is 16.5. The van der Waals surface area contributed by atoms with Crippen molar-refractivity contribution < 1.29 is 9.53 Å². The lowest BCUT2D eigenvalue weighted by Crippen LogP contribution is -2.30. The van der Waals surface area contributed by atoms with E-state index in [-0.39, 0.29) is 11.9 Å². The van der Waals surface area contributed by atoms with E-state index in [9.17, 15) is 4.79 Å². The maximum absolute atomic E-state index is 11.9. The number of nitrogens with one attached hydrogen (secondary N) is 2. The van der Waals surface area contributed by atoms with Crippen LogP contribution >= 0.6 is 0 Å². The van der Waals surface area contributed by atoms with Crippen LogP contribution in [0.25, 0.3) is 11.8 Å². The Kier molecular flexibility index (Phi) is 3.22. The van der Waals surface area contributed by atoms with Gasteiger partial charge in [0.1, 0.15) is 11.5 Å². The van der Waals surface area contributed by atoms with E-state index in [0.717, 1.165) is 29.2 Å². The Bertz CT molecular complexity index is 540. The van der Waals surface area contributed by atoms with E-state index in [1.54, 1.807) is 7.11 Å². The summed E-state index contributed by atoms with van der Waals surface area (Å²) in [6.07, 6.45) is 3.94. The molecule has 0 spiro atoms. The Hall–Kier alpha value is -1.71. The second kappa shape index (κ2) is 4.65. The number of carbonyl (C=O) groups excluding carboxylic acids is 1. The number of aromatic amines is 1. The number of rotatable bonds is 3. The number of aromatic nitrogens is 1. The van der Waals surface area contributed by atoms with E-state index >= 15 is 0 Å². The van der Waals surface area contributed by atoms with E-state index in [1.165, 1.54) is 0 Å². The third-order valence-corrected chi connectivity index (χ3v) is 2.78. The number of amides is 1. The zero-order chi connectivity index (χ0) is 12.4. The number of ether oxygens (including phenoxy) is 1. The molecule has 1 heterocycles. The van der Waals surface area contributed by atoms with Gasteiger partial charge < -0.3 is 15.0 Å². The first-order chi connectivity index (χ1) is 8.11. The fourth-order valence-electron chi connectivity index (χ4n) is 2.02. The van der Waals surface area contributed by atoms with Crippen molar-refractivity contribution in [2.45, 2.75) is 32.7 Å². The molecule has 4 heteroatoms. The lowest BCUT2D eigenvalue weighted by molar-refractivity contribution is 0.0938. The van der Waals surface area contributed by atoms with Crippen LogP contribution in [-0.4, -0.2) is 24.0 Å². The number of hydrogen-bond donors (Lipinski definition) is 2. The Labute approximate surface area is 100 Å². The molecule has 1 aromatic rings. The minimum atomic E-state index is -0.0711. The highest BCUT2D eigenvalue weighted by molar-refractivity contribution is 5.92. The van der Waals surface area contributed by atoms with Gasteiger partial charge in [0, 0.05) is 23.0 Å². The summed E-state index contributed by atoms with van der Waals surface area (Å²) in [7, 11) is 1.67. The summed E-state index contributed by atoms with van der Waals surface area (Å²) in [6, 6.07) is 2.00. The van der Waals surface area contributed by atoms with Gasteiger partial charge in [0.25, 0.3) is 5.91 Å². The monoisotopic (exact) mass is 234 g/mol. The average molecular weight is 234 g/mol. The van der Waals surface area contributed by atoms with Crippen LogP contribution in [0.4, 0.5) is 0 Å². The molecule has 0 aliphatic heterocycles. The van der Waals surface area contributed by atoms with Gasteiger partial charge >= 0.3 is 0 Å². The van der Waals surface area contributed by atoms with Crippen molar-refractivity contribution in [3.8, 4) is 0 Å². The van der Waals surface area contributed by atoms with E-state index in [4.69, 9.17) is 4.74 Å². The summed E-state index contributed by atoms with van der Waals surface area (Å²) in [5.41, 5.74) is 0.594. The fourth-order valence-corrected chi connectivity index (χ4v) is 2.02. The van der Waals surface area contributed by atoms with Crippen molar-refractivity contribution in [2.75, 3.05) is 7.11 Å². The van der Waals surface area contributed by atoms with Gasteiger partial charge in [0.2, 0.25) is 0 Å². The summed E-state index contributed by atoms with van der Waals surface area (Å²) in [5.74, 6) is 0.876. The van der Waals surface area contributed by atoms with Crippen molar-refractivity contribution in [1.82, 2.24) is 10.3 Å². The molecule has 0 fully saturated rings. The van der Waals surface area contributed by atoms with Gasteiger partial charge in [0.05, 0.1) is 7.11 Å². The molecule has 92 valence electrons. The van der Waals surface area contributed by atoms with Crippen LogP contribution in [0.3, 0.4) is 0 Å². The van der Waals surface area contributed by atoms with Crippen molar-refractivity contribution >= 4 is 17.7 Å². The van der Waals surface area contributed by atoms with Crippen LogP contribution in [0.1, 0.15) is 37.2 Å². The Balaban J connectivity index is 2.42. The van der Waals surface area contributed by atoms with Crippen LogP contribution in [-0.2, 0) is 4.74 Å². The summed E-state index contributed by atoms with van der Waals surface area (Å²) in [5, 5.41) is 4.86. The maximum Gasteiger partial charge on any atom is 0.267 e. The van der Waals surface area contributed by atoms with Crippen LogP contribution in [0.5, 0.6) is 0 Å². The van der Waals surface area contributed by atoms with E-state index in [0.29, 0.717) is 5.69 Å². The van der Waals surface area contributed by atoms with E-state index in [1.807, 2.05) is 19.9 Å². The third kappa shape index (κ3) is 2.35. The van der Waals surface area contributed by atoms with Gasteiger partial charge in [-0.15, -0.1) is 0 Å². The Morgan fingerprint density at radius 1 is 1.53 bits per heavy atom. The second-order valence-corrected chi connectivity index (χ2v) is 4.51. The molecule has 0 unspecified atom stereocenters. The average Bonchev–Trinajstić information content (AvgIpc) is 2.71. The van der Waals surface area contributed by atoms with Crippen molar-refractivity contribution in [1.29, 1.82) is 0 Å². The zero-order valence-electron chi connectivity index (χ0n) is 10.5. The van der Waals surface area contributed by atoms with Gasteiger partial charge in [-0.2, -0.15) is 0 Å². The van der Waals surface area contributed by atoms with Crippen LogP contribution in [0.2, 0.25) is 0 Å². The second-order valence-electron chi connectivity index (χ2n) is 4.51. The van der Waals surface area contributed by atoms with Crippen LogP contribution in [0, 0.1) is 0 Å². The first-order valence-corrected chi connectivity index (χ1v) is 5.89. The lowest BCUT2D eigenvalue weighted by atomic mass is 10.1. The minimum Gasteiger partial charge on any atom is -0.500 e. The molecule has 0 saturated heterocycles. The molecular formula is C13H18N2O2. The van der Waals surface area contributed by atoms with E-state index in [2.05, 4.69) is 16.4 Å². The zero-order valence-corrected chi connectivity index (χ0v) is 10.5. The lowest BCUT2D eigenvalue weighted by Gasteiger charge is -2.06. The SMILES string of the molecule is COC1=c2cc(C(=O)NC(C)C)[nH]c2=CCC1. The molecule has 2 N–H and O–H groups in total. The van der Waals surface area contributed by atoms with Crippen molar-refractivity contribution in [2.24, 2.45) is 0 Å². The quantitative estimate of drug-likeness (QED) is 0.799. The van der Waals surface area contributed by atoms with Gasteiger partial charge in [-0.1, -0.05) is 6.08 Å². The summed E-state index contributed by atoms with van der Waals surface area (Å²) < 4.78 is 5.34. The van der Waals surface area contributed by atoms with Crippen LogP contribution in [0.15, 0.2) is 6.07 Å². The molecule has 0 atom stereocenters. The largest absolute Gasteiger partial charge is 0.500 e. The molecule has 0 aromatic carbocycles. The first-order valence-electron chi connectivity index (χ1n) is 5.89. The number of hydrogen-bond acceptors (Lipinski definition) is 2. The summed E-state index contributed by atoms with van der Waals surface area (Å²) in [4.78, 5) is 15.0. The molecule has 0 saturated carbocycles. The smallest absolute Gasteiger partial charge is 0.267 e.